The number of sulfonamides is 1. The number of fused-ring (bicyclic) bond motifs is 1. The van der Waals surface area contributed by atoms with Crippen LogP contribution >= 0.6 is 0 Å². The van der Waals surface area contributed by atoms with Crippen LogP contribution in [0.5, 0.6) is 5.75 Å². The standard InChI is InChI=1S/C27H30N2O4S/c1-19-10-13-22(14-11-19)34(31,32)29-18-25(33-24-16-20(2)12-15-23(24)29)26(30)28-27(3,4)17-21-8-6-5-7-9-21/h5-16,25H,17-18H2,1-4H3,(H,28,30). The average molecular weight is 479 g/mol. The Morgan fingerprint density at radius 1 is 1.00 bits per heavy atom. The number of carbonyl (C=O) groups is 1. The first-order valence-electron chi connectivity index (χ1n) is 11.3. The molecule has 3 aromatic carbocycles. The minimum absolute atomic E-state index is 0.112. The second kappa shape index (κ2) is 9.14. The number of anilines is 1. The number of aryl methyl sites for hydroxylation is 2. The number of carbonyl (C=O) groups excluding carboxylic acids is 1. The maximum Gasteiger partial charge on any atom is 0.264 e. The molecule has 0 fully saturated rings. The Labute approximate surface area is 201 Å². The topological polar surface area (TPSA) is 75.7 Å². The lowest BCUT2D eigenvalue weighted by molar-refractivity contribution is -0.129. The van der Waals surface area contributed by atoms with E-state index < -0.39 is 21.7 Å². The molecule has 1 N–H and O–H groups in total. The number of hydrogen-bond acceptors (Lipinski definition) is 4. The zero-order valence-electron chi connectivity index (χ0n) is 19.9. The van der Waals surface area contributed by atoms with Gasteiger partial charge in [-0.3, -0.25) is 9.10 Å². The molecule has 178 valence electrons. The third-order valence-corrected chi connectivity index (χ3v) is 7.63. The third-order valence-electron chi connectivity index (χ3n) is 5.84. The van der Waals surface area contributed by atoms with Crippen LogP contribution in [0.3, 0.4) is 0 Å². The van der Waals surface area contributed by atoms with Gasteiger partial charge in [0.05, 0.1) is 17.1 Å². The zero-order chi connectivity index (χ0) is 24.5. The van der Waals surface area contributed by atoms with Gasteiger partial charge in [-0.15, -0.1) is 0 Å². The van der Waals surface area contributed by atoms with Gasteiger partial charge < -0.3 is 10.1 Å². The van der Waals surface area contributed by atoms with Crippen LogP contribution in [0.1, 0.15) is 30.5 Å². The highest BCUT2D eigenvalue weighted by Crippen LogP contribution is 2.38. The predicted molar refractivity (Wildman–Crippen MR) is 134 cm³/mol. The lowest BCUT2D eigenvalue weighted by Gasteiger charge is -2.36. The van der Waals surface area contributed by atoms with Gasteiger partial charge in [0.15, 0.2) is 6.10 Å². The summed E-state index contributed by atoms with van der Waals surface area (Å²) < 4.78 is 34.5. The molecule has 1 atom stereocenters. The third kappa shape index (κ3) is 5.09. The van der Waals surface area contributed by atoms with Crippen molar-refractivity contribution < 1.29 is 17.9 Å². The quantitative estimate of drug-likeness (QED) is 0.570. The highest BCUT2D eigenvalue weighted by molar-refractivity contribution is 7.92. The van der Waals surface area contributed by atoms with Crippen molar-refractivity contribution in [3.63, 3.8) is 0 Å². The lowest BCUT2D eigenvalue weighted by Crippen LogP contribution is -2.55. The van der Waals surface area contributed by atoms with Crippen LogP contribution < -0.4 is 14.4 Å². The Morgan fingerprint density at radius 2 is 1.65 bits per heavy atom. The number of rotatable bonds is 6. The van der Waals surface area contributed by atoms with E-state index >= 15 is 0 Å². The molecule has 1 aliphatic heterocycles. The van der Waals surface area contributed by atoms with Crippen LogP contribution in [0.25, 0.3) is 0 Å². The molecule has 0 aliphatic carbocycles. The Balaban J connectivity index is 1.62. The monoisotopic (exact) mass is 478 g/mol. The minimum Gasteiger partial charge on any atom is -0.476 e. The van der Waals surface area contributed by atoms with Crippen LogP contribution in [0.4, 0.5) is 5.69 Å². The van der Waals surface area contributed by atoms with E-state index in [0.29, 0.717) is 17.9 Å². The van der Waals surface area contributed by atoms with Crippen LogP contribution in [-0.2, 0) is 21.2 Å². The Kier molecular flexibility index (Phi) is 6.41. The van der Waals surface area contributed by atoms with E-state index in [9.17, 15) is 13.2 Å². The number of benzene rings is 3. The number of nitrogens with one attached hydrogen (secondary N) is 1. The molecule has 1 heterocycles. The van der Waals surface area contributed by atoms with E-state index in [0.717, 1.165) is 16.7 Å². The first-order chi connectivity index (χ1) is 16.0. The Bertz CT molecular complexity index is 1290. The first kappa shape index (κ1) is 23.8. The summed E-state index contributed by atoms with van der Waals surface area (Å²) >= 11 is 0. The number of amides is 1. The predicted octanol–water partition coefficient (Wildman–Crippen LogP) is 4.40. The second-order valence-electron chi connectivity index (χ2n) is 9.46. The molecule has 1 amide bonds. The summed E-state index contributed by atoms with van der Waals surface area (Å²) in [5, 5.41) is 3.05. The molecule has 6 nitrogen and oxygen atoms in total. The average Bonchev–Trinajstić information content (AvgIpc) is 2.78. The normalized spacial score (nSPS) is 15.9. The van der Waals surface area contributed by atoms with Gasteiger partial charge in [0.25, 0.3) is 15.9 Å². The van der Waals surface area contributed by atoms with Crippen molar-refractivity contribution in [1.82, 2.24) is 5.32 Å². The molecule has 0 saturated heterocycles. The summed E-state index contributed by atoms with van der Waals surface area (Å²) in [5.74, 6) is 0.0279. The van der Waals surface area contributed by atoms with E-state index in [1.54, 1.807) is 36.4 Å². The molecular formula is C27H30N2O4S. The van der Waals surface area contributed by atoms with Crippen molar-refractivity contribution in [3.8, 4) is 5.75 Å². The van der Waals surface area contributed by atoms with Crippen molar-refractivity contribution in [2.45, 2.75) is 50.7 Å². The highest BCUT2D eigenvalue weighted by Gasteiger charge is 2.39. The van der Waals surface area contributed by atoms with Crippen molar-refractivity contribution in [2.24, 2.45) is 0 Å². The molecule has 0 bridgehead atoms. The van der Waals surface area contributed by atoms with Gasteiger partial charge in [-0.25, -0.2) is 8.42 Å². The molecule has 0 spiro atoms. The maximum absolute atomic E-state index is 13.6. The molecular weight excluding hydrogens is 448 g/mol. The van der Waals surface area contributed by atoms with Gasteiger partial charge in [-0.05, 0) is 69.5 Å². The summed E-state index contributed by atoms with van der Waals surface area (Å²) in [5.41, 5.74) is 2.86. The molecule has 4 rings (SSSR count). The summed E-state index contributed by atoms with van der Waals surface area (Å²) in [6.45, 7) is 7.58. The molecule has 0 radical (unpaired) electrons. The maximum atomic E-state index is 13.6. The molecule has 0 aromatic heterocycles. The van der Waals surface area contributed by atoms with E-state index in [-0.39, 0.29) is 17.3 Å². The fourth-order valence-electron chi connectivity index (χ4n) is 4.13. The van der Waals surface area contributed by atoms with Crippen LogP contribution in [-0.4, -0.2) is 32.5 Å². The lowest BCUT2D eigenvalue weighted by atomic mass is 9.94. The molecule has 3 aromatic rings. The molecule has 7 heteroatoms. The number of hydrogen-bond donors (Lipinski definition) is 1. The van der Waals surface area contributed by atoms with Gasteiger partial charge >= 0.3 is 0 Å². The first-order valence-corrected chi connectivity index (χ1v) is 12.7. The largest absolute Gasteiger partial charge is 0.476 e. The molecule has 34 heavy (non-hydrogen) atoms. The van der Waals surface area contributed by atoms with Gasteiger partial charge in [-0.1, -0.05) is 54.1 Å². The molecule has 1 unspecified atom stereocenters. The van der Waals surface area contributed by atoms with Gasteiger partial charge in [0.1, 0.15) is 5.75 Å². The fraction of sp³-hybridized carbons (Fsp3) is 0.296. The Hall–Kier alpha value is -3.32. The van der Waals surface area contributed by atoms with E-state index in [1.807, 2.05) is 64.1 Å². The van der Waals surface area contributed by atoms with Crippen LogP contribution in [0, 0.1) is 13.8 Å². The van der Waals surface area contributed by atoms with Crippen molar-refractivity contribution >= 4 is 21.6 Å². The number of ether oxygens (including phenoxy) is 1. The van der Waals surface area contributed by atoms with Crippen molar-refractivity contribution in [1.29, 1.82) is 0 Å². The molecule has 0 saturated carbocycles. The number of nitrogens with zero attached hydrogens (tertiary/aromatic N) is 1. The summed E-state index contributed by atoms with van der Waals surface area (Å²) in [4.78, 5) is 13.5. The summed E-state index contributed by atoms with van der Waals surface area (Å²) in [6.07, 6.45) is -0.350. The zero-order valence-corrected chi connectivity index (χ0v) is 20.7. The van der Waals surface area contributed by atoms with Crippen LogP contribution in [0.15, 0.2) is 77.7 Å². The van der Waals surface area contributed by atoms with E-state index in [4.69, 9.17) is 4.74 Å². The summed E-state index contributed by atoms with van der Waals surface area (Å²) in [7, 11) is -3.89. The smallest absolute Gasteiger partial charge is 0.264 e. The second-order valence-corrected chi connectivity index (χ2v) is 11.3. The Morgan fingerprint density at radius 3 is 2.32 bits per heavy atom. The highest BCUT2D eigenvalue weighted by atomic mass is 32.2. The fourth-order valence-corrected chi connectivity index (χ4v) is 5.60. The van der Waals surface area contributed by atoms with E-state index in [2.05, 4.69) is 5.32 Å². The van der Waals surface area contributed by atoms with Gasteiger partial charge in [-0.2, -0.15) is 0 Å². The SMILES string of the molecule is Cc1ccc(S(=O)(=O)N2CC(C(=O)NC(C)(C)Cc3ccccc3)Oc3cc(C)ccc32)cc1. The van der Waals surface area contributed by atoms with Gasteiger partial charge in [0.2, 0.25) is 0 Å². The van der Waals surface area contributed by atoms with Crippen molar-refractivity contribution in [2.75, 3.05) is 10.8 Å². The van der Waals surface area contributed by atoms with Crippen molar-refractivity contribution in [3.05, 3.63) is 89.5 Å². The van der Waals surface area contributed by atoms with E-state index in [1.165, 1.54) is 4.31 Å². The summed E-state index contributed by atoms with van der Waals surface area (Å²) in [6, 6.07) is 21.9. The minimum atomic E-state index is -3.89. The van der Waals surface area contributed by atoms with Gasteiger partial charge in [0, 0.05) is 5.54 Å². The van der Waals surface area contributed by atoms with Crippen LogP contribution in [0.2, 0.25) is 0 Å². The molecule has 1 aliphatic rings.